The smallest absolute Gasteiger partial charge is 0.234 e. The number of hydrogen-bond acceptors (Lipinski definition) is 4. The van der Waals surface area contributed by atoms with E-state index in [2.05, 4.69) is 15.2 Å². The van der Waals surface area contributed by atoms with E-state index < -0.39 is 0 Å². The van der Waals surface area contributed by atoms with Gasteiger partial charge in [0.1, 0.15) is 0 Å². The highest BCUT2D eigenvalue weighted by Crippen LogP contribution is 2.10. The van der Waals surface area contributed by atoms with Crippen LogP contribution in [0.5, 0.6) is 0 Å². The normalized spacial score (nSPS) is 19.1. The van der Waals surface area contributed by atoms with Gasteiger partial charge in [0.15, 0.2) is 0 Å². The van der Waals surface area contributed by atoms with Crippen molar-refractivity contribution in [1.29, 1.82) is 0 Å². The molecule has 104 valence electrons. The Balaban J connectivity index is 1.78. The second-order valence-electron chi connectivity index (χ2n) is 5.16. The van der Waals surface area contributed by atoms with Crippen LogP contribution in [0.3, 0.4) is 0 Å². The molecular formula is C14H22N4O. The standard InChI is InChI=1S/C14H22N4O/c1-11(13-4-2-3-7-16-13)17-14(19)10-18-8-5-12(15)6-9-18/h2-4,7,11-12H,5-6,8-10,15H2,1H3,(H,17,19)/t11-/m0/s1. The number of nitrogens with two attached hydrogens (primary N) is 1. The Morgan fingerprint density at radius 3 is 2.89 bits per heavy atom. The number of amides is 1. The van der Waals surface area contributed by atoms with Crippen molar-refractivity contribution in [2.24, 2.45) is 5.73 Å². The minimum Gasteiger partial charge on any atom is -0.347 e. The van der Waals surface area contributed by atoms with Crippen molar-refractivity contribution in [3.8, 4) is 0 Å². The van der Waals surface area contributed by atoms with Gasteiger partial charge in [-0.2, -0.15) is 0 Å². The number of likely N-dealkylation sites (tertiary alicyclic amines) is 1. The van der Waals surface area contributed by atoms with Crippen LogP contribution >= 0.6 is 0 Å². The first-order valence-corrected chi connectivity index (χ1v) is 6.83. The third kappa shape index (κ3) is 4.29. The average molecular weight is 262 g/mol. The minimum atomic E-state index is -0.0549. The lowest BCUT2D eigenvalue weighted by Gasteiger charge is -2.29. The summed E-state index contributed by atoms with van der Waals surface area (Å²) in [6.45, 7) is 4.22. The first kappa shape index (κ1) is 14.0. The zero-order valence-electron chi connectivity index (χ0n) is 11.4. The lowest BCUT2D eigenvalue weighted by Crippen LogP contribution is -2.44. The molecule has 5 nitrogen and oxygen atoms in total. The van der Waals surface area contributed by atoms with Crippen LogP contribution in [0, 0.1) is 0 Å². The molecule has 0 bridgehead atoms. The van der Waals surface area contributed by atoms with Gasteiger partial charge in [-0.25, -0.2) is 0 Å². The molecule has 1 aromatic rings. The minimum absolute atomic E-state index is 0.0497. The lowest BCUT2D eigenvalue weighted by atomic mass is 10.1. The fourth-order valence-corrected chi connectivity index (χ4v) is 2.31. The van der Waals surface area contributed by atoms with E-state index in [1.54, 1.807) is 6.20 Å². The summed E-state index contributed by atoms with van der Waals surface area (Å²) in [6, 6.07) is 5.96. The first-order valence-electron chi connectivity index (χ1n) is 6.83. The predicted octanol–water partition coefficient (Wildman–Crippen LogP) is 0.682. The van der Waals surface area contributed by atoms with Gasteiger partial charge in [-0.15, -0.1) is 0 Å². The van der Waals surface area contributed by atoms with Crippen molar-refractivity contribution < 1.29 is 4.79 Å². The molecule has 1 aliphatic rings. The van der Waals surface area contributed by atoms with E-state index in [-0.39, 0.29) is 11.9 Å². The number of aromatic nitrogens is 1. The predicted molar refractivity (Wildman–Crippen MR) is 74.4 cm³/mol. The number of piperidine rings is 1. The molecule has 1 aliphatic heterocycles. The summed E-state index contributed by atoms with van der Waals surface area (Å²) in [6.07, 6.45) is 3.69. The van der Waals surface area contributed by atoms with Crippen LogP contribution in [0.25, 0.3) is 0 Å². The summed E-state index contributed by atoms with van der Waals surface area (Å²) in [5.74, 6) is 0.0497. The molecule has 1 fully saturated rings. The van der Waals surface area contributed by atoms with Crippen molar-refractivity contribution in [1.82, 2.24) is 15.2 Å². The van der Waals surface area contributed by atoms with E-state index in [1.807, 2.05) is 25.1 Å². The third-order valence-electron chi connectivity index (χ3n) is 3.51. The Bertz CT molecular complexity index is 401. The molecule has 1 saturated heterocycles. The first-order chi connectivity index (χ1) is 9.15. The SMILES string of the molecule is C[C@H](NC(=O)CN1CCC(N)CC1)c1ccccn1. The maximum Gasteiger partial charge on any atom is 0.234 e. The van der Waals surface area contributed by atoms with E-state index in [4.69, 9.17) is 5.73 Å². The van der Waals surface area contributed by atoms with E-state index in [1.165, 1.54) is 0 Å². The lowest BCUT2D eigenvalue weighted by molar-refractivity contribution is -0.123. The van der Waals surface area contributed by atoms with Crippen LogP contribution in [0.15, 0.2) is 24.4 Å². The fraction of sp³-hybridized carbons (Fsp3) is 0.571. The van der Waals surface area contributed by atoms with Gasteiger partial charge < -0.3 is 11.1 Å². The Morgan fingerprint density at radius 1 is 1.53 bits per heavy atom. The molecule has 1 amide bonds. The van der Waals surface area contributed by atoms with Gasteiger partial charge in [-0.1, -0.05) is 6.07 Å². The average Bonchev–Trinajstić information content (AvgIpc) is 2.42. The summed E-state index contributed by atoms with van der Waals surface area (Å²) in [5.41, 5.74) is 6.73. The van der Waals surface area contributed by atoms with Gasteiger partial charge >= 0.3 is 0 Å². The molecule has 1 aromatic heterocycles. The molecule has 0 unspecified atom stereocenters. The van der Waals surface area contributed by atoms with Crippen molar-refractivity contribution in [2.45, 2.75) is 31.8 Å². The van der Waals surface area contributed by atoms with Gasteiger partial charge in [0.05, 0.1) is 18.3 Å². The number of nitrogens with one attached hydrogen (secondary N) is 1. The molecule has 0 spiro atoms. The summed E-state index contributed by atoms with van der Waals surface area (Å²) in [5, 5.41) is 2.98. The number of hydrogen-bond donors (Lipinski definition) is 2. The Labute approximate surface area is 114 Å². The van der Waals surface area contributed by atoms with Crippen LogP contribution in [0.1, 0.15) is 31.5 Å². The molecular weight excluding hydrogens is 240 g/mol. The highest BCUT2D eigenvalue weighted by Gasteiger charge is 2.19. The van der Waals surface area contributed by atoms with Crippen LogP contribution in [-0.2, 0) is 4.79 Å². The fourth-order valence-electron chi connectivity index (χ4n) is 2.31. The van der Waals surface area contributed by atoms with Gasteiger partial charge in [0.25, 0.3) is 0 Å². The quantitative estimate of drug-likeness (QED) is 0.837. The third-order valence-corrected chi connectivity index (χ3v) is 3.51. The van der Waals surface area contributed by atoms with E-state index >= 15 is 0 Å². The van der Waals surface area contributed by atoms with Gasteiger partial charge in [-0.05, 0) is 31.9 Å². The van der Waals surface area contributed by atoms with Crippen molar-refractivity contribution in [3.63, 3.8) is 0 Å². The van der Waals surface area contributed by atoms with Crippen molar-refractivity contribution in [3.05, 3.63) is 30.1 Å². The molecule has 2 heterocycles. The number of carbonyl (C=O) groups is 1. The Kier molecular flexibility index (Phi) is 4.87. The second kappa shape index (κ2) is 6.63. The largest absolute Gasteiger partial charge is 0.347 e. The number of carbonyl (C=O) groups excluding carboxylic acids is 1. The van der Waals surface area contributed by atoms with Crippen LogP contribution in [-0.4, -0.2) is 41.5 Å². The molecule has 2 rings (SSSR count). The Morgan fingerprint density at radius 2 is 2.26 bits per heavy atom. The van der Waals surface area contributed by atoms with Crippen molar-refractivity contribution >= 4 is 5.91 Å². The summed E-state index contributed by atoms with van der Waals surface area (Å²) >= 11 is 0. The summed E-state index contributed by atoms with van der Waals surface area (Å²) < 4.78 is 0. The highest BCUT2D eigenvalue weighted by atomic mass is 16.2. The van der Waals surface area contributed by atoms with E-state index in [0.717, 1.165) is 31.6 Å². The van der Waals surface area contributed by atoms with Crippen molar-refractivity contribution in [2.75, 3.05) is 19.6 Å². The summed E-state index contributed by atoms with van der Waals surface area (Å²) in [4.78, 5) is 18.4. The maximum atomic E-state index is 12.0. The Hall–Kier alpha value is -1.46. The molecule has 5 heteroatoms. The summed E-state index contributed by atoms with van der Waals surface area (Å²) in [7, 11) is 0. The molecule has 3 N–H and O–H groups in total. The van der Waals surface area contributed by atoms with Crippen LogP contribution in [0.4, 0.5) is 0 Å². The van der Waals surface area contributed by atoms with E-state index in [9.17, 15) is 4.79 Å². The topological polar surface area (TPSA) is 71.2 Å². The zero-order chi connectivity index (χ0) is 13.7. The number of pyridine rings is 1. The number of rotatable bonds is 4. The molecule has 0 radical (unpaired) electrons. The van der Waals surface area contributed by atoms with Gasteiger partial charge in [0.2, 0.25) is 5.91 Å². The molecule has 0 aliphatic carbocycles. The molecule has 1 atom stereocenters. The molecule has 0 saturated carbocycles. The second-order valence-corrected chi connectivity index (χ2v) is 5.16. The van der Waals surface area contributed by atoms with Gasteiger partial charge in [-0.3, -0.25) is 14.7 Å². The monoisotopic (exact) mass is 262 g/mol. The zero-order valence-corrected chi connectivity index (χ0v) is 11.4. The van der Waals surface area contributed by atoms with Crippen LogP contribution in [0.2, 0.25) is 0 Å². The molecule has 19 heavy (non-hydrogen) atoms. The number of nitrogens with zero attached hydrogens (tertiary/aromatic N) is 2. The highest BCUT2D eigenvalue weighted by molar-refractivity contribution is 5.78. The van der Waals surface area contributed by atoms with Gasteiger partial charge in [0, 0.05) is 25.3 Å². The van der Waals surface area contributed by atoms with Crippen LogP contribution < -0.4 is 11.1 Å². The maximum absolute atomic E-state index is 12.0. The van der Waals surface area contributed by atoms with E-state index in [0.29, 0.717) is 12.6 Å². The molecule has 0 aromatic carbocycles.